The second-order valence-corrected chi connectivity index (χ2v) is 11.0. The summed E-state index contributed by atoms with van der Waals surface area (Å²) in [6.45, 7) is 8.94. The first-order chi connectivity index (χ1) is 18.8. The largest absolute Gasteiger partial charge is 0.322 e. The number of hydrogen-bond donors (Lipinski definition) is 1. The van der Waals surface area contributed by atoms with Gasteiger partial charge in [-0.15, -0.1) is 11.8 Å². The van der Waals surface area contributed by atoms with Gasteiger partial charge in [-0.05, 0) is 68.1 Å². The van der Waals surface area contributed by atoms with Gasteiger partial charge in [0.25, 0.3) is 5.91 Å². The fourth-order valence-corrected chi connectivity index (χ4v) is 6.31. The van der Waals surface area contributed by atoms with Crippen LogP contribution in [0.5, 0.6) is 0 Å². The minimum atomic E-state index is -0.280. The minimum absolute atomic E-state index is 0.0695. The van der Waals surface area contributed by atoms with Crippen molar-refractivity contribution in [2.24, 2.45) is 5.10 Å². The summed E-state index contributed by atoms with van der Waals surface area (Å²) in [7, 11) is 0. The van der Waals surface area contributed by atoms with E-state index in [0.717, 1.165) is 28.1 Å². The van der Waals surface area contributed by atoms with Gasteiger partial charge in [0, 0.05) is 29.1 Å². The third-order valence-corrected chi connectivity index (χ3v) is 8.38. The lowest BCUT2D eigenvalue weighted by molar-refractivity contribution is -0.128. The van der Waals surface area contributed by atoms with Gasteiger partial charge in [-0.3, -0.25) is 9.59 Å². The van der Waals surface area contributed by atoms with Crippen LogP contribution in [0.3, 0.4) is 0 Å². The number of hydrogen-bond acceptors (Lipinski definition) is 4. The van der Waals surface area contributed by atoms with Gasteiger partial charge in [0.05, 0.1) is 17.7 Å². The standard InChI is InChI=1S/C32H32N4O2S/c1-21-9-8-10-22(2)30(21)36-23(3)17-28(24(36)4)18-33-34-31(38)26-13-15-27(16-14-26)32-35(29(37)20-39-32)19-25-11-6-5-7-12-25/h5-18,32H,19-20H2,1-4H3,(H,34,38)/b33-18-/t32-/m1/s1. The van der Waals surface area contributed by atoms with Crippen LogP contribution in [0.15, 0.2) is 84.0 Å². The number of carbonyl (C=O) groups excluding carboxylic acids is 2. The first-order valence-electron chi connectivity index (χ1n) is 13.0. The Kier molecular flexibility index (Phi) is 7.70. The second-order valence-electron chi connectivity index (χ2n) is 9.89. The molecule has 198 valence electrons. The number of hydrazone groups is 1. The van der Waals surface area contributed by atoms with Gasteiger partial charge in [0.15, 0.2) is 0 Å². The lowest BCUT2D eigenvalue weighted by Crippen LogP contribution is -2.27. The van der Waals surface area contributed by atoms with E-state index in [2.05, 4.69) is 67.1 Å². The molecule has 1 atom stereocenters. The summed E-state index contributed by atoms with van der Waals surface area (Å²) < 4.78 is 2.24. The summed E-state index contributed by atoms with van der Waals surface area (Å²) >= 11 is 1.61. The summed E-state index contributed by atoms with van der Waals surface area (Å²) in [5, 5.41) is 4.18. The third kappa shape index (κ3) is 5.54. The van der Waals surface area contributed by atoms with Crippen molar-refractivity contribution in [1.82, 2.24) is 14.9 Å². The molecule has 0 spiro atoms. The van der Waals surface area contributed by atoms with Crippen LogP contribution in [-0.2, 0) is 11.3 Å². The monoisotopic (exact) mass is 536 g/mol. The predicted octanol–water partition coefficient (Wildman–Crippen LogP) is 6.25. The molecule has 0 aliphatic carbocycles. The molecular weight excluding hydrogens is 504 g/mol. The quantitative estimate of drug-likeness (QED) is 0.224. The molecule has 39 heavy (non-hydrogen) atoms. The van der Waals surface area contributed by atoms with Crippen LogP contribution < -0.4 is 5.43 Å². The zero-order chi connectivity index (χ0) is 27.5. The number of rotatable bonds is 7. The zero-order valence-corrected chi connectivity index (χ0v) is 23.5. The molecule has 3 aromatic carbocycles. The number of amides is 2. The Bertz CT molecular complexity index is 1520. The number of aromatic nitrogens is 1. The van der Waals surface area contributed by atoms with Crippen molar-refractivity contribution in [2.75, 3.05) is 5.75 Å². The maximum absolute atomic E-state index is 12.8. The first-order valence-corrected chi connectivity index (χ1v) is 14.0. The summed E-state index contributed by atoms with van der Waals surface area (Å²) in [5.41, 5.74) is 12.0. The molecule has 1 fully saturated rings. The van der Waals surface area contributed by atoms with E-state index in [1.807, 2.05) is 47.4 Å². The molecule has 1 saturated heterocycles. The molecule has 2 amide bonds. The Morgan fingerprint density at radius 2 is 1.67 bits per heavy atom. The molecule has 0 bridgehead atoms. The van der Waals surface area contributed by atoms with Gasteiger partial charge in [-0.2, -0.15) is 5.10 Å². The van der Waals surface area contributed by atoms with Crippen LogP contribution >= 0.6 is 11.8 Å². The van der Waals surface area contributed by atoms with Crippen molar-refractivity contribution in [2.45, 2.75) is 39.6 Å². The Balaban J connectivity index is 1.26. The highest BCUT2D eigenvalue weighted by Crippen LogP contribution is 2.39. The van der Waals surface area contributed by atoms with E-state index < -0.39 is 0 Å². The highest BCUT2D eigenvalue weighted by molar-refractivity contribution is 8.00. The van der Waals surface area contributed by atoms with Gasteiger partial charge in [0.1, 0.15) is 5.37 Å². The second kappa shape index (κ2) is 11.3. The predicted molar refractivity (Wildman–Crippen MR) is 158 cm³/mol. The number of carbonyl (C=O) groups is 2. The summed E-state index contributed by atoms with van der Waals surface area (Å²) in [5.74, 6) is 0.304. The molecule has 7 heteroatoms. The van der Waals surface area contributed by atoms with Crippen molar-refractivity contribution in [3.63, 3.8) is 0 Å². The van der Waals surface area contributed by atoms with Gasteiger partial charge in [0.2, 0.25) is 5.91 Å². The molecular formula is C32H32N4O2S. The maximum Gasteiger partial charge on any atom is 0.271 e. The van der Waals surface area contributed by atoms with Crippen molar-refractivity contribution in [3.05, 3.63) is 124 Å². The smallest absolute Gasteiger partial charge is 0.271 e. The molecule has 2 heterocycles. The number of aryl methyl sites for hydroxylation is 3. The molecule has 1 aliphatic rings. The van der Waals surface area contributed by atoms with Crippen LogP contribution in [0.2, 0.25) is 0 Å². The average molecular weight is 537 g/mol. The van der Waals surface area contributed by atoms with E-state index in [9.17, 15) is 9.59 Å². The highest BCUT2D eigenvalue weighted by atomic mass is 32.2. The lowest BCUT2D eigenvalue weighted by Gasteiger charge is -2.24. The lowest BCUT2D eigenvalue weighted by atomic mass is 10.1. The van der Waals surface area contributed by atoms with Crippen molar-refractivity contribution < 1.29 is 9.59 Å². The van der Waals surface area contributed by atoms with Gasteiger partial charge < -0.3 is 9.47 Å². The van der Waals surface area contributed by atoms with Crippen LogP contribution in [0, 0.1) is 27.7 Å². The molecule has 1 N–H and O–H groups in total. The van der Waals surface area contributed by atoms with Gasteiger partial charge in [-0.1, -0.05) is 60.7 Å². The average Bonchev–Trinajstić information content (AvgIpc) is 3.43. The molecule has 5 rings (SSSR count). The highest BCUT2D eigenvalue weighted by Gasteiger charge is 2.32. The molecule has 0 saturated carbocycles. The molecule has 1 aliphatic heterocycles. The van der Waals surface area contributed by atoms with Crippen LogP contribution in [0.4, 0.5) is 0 Å². The van der Waals surface area contributed by atoms with E-state index in [0.29, 0.717) is 17.9 Å². The van der Waals surface area contributed by atoms with Gasteiger partial charge in [-0.25, -0.2) is 5.43 Å². The maximum atomic E-state index is 12.8. The fourth-order valence-electron chi connectivity index (χ4n) is 5.13. The van der Waals surface area contributed by atoms with E-state index in [4.69, 9.17) is 0 Å². The molecule has 0 unspecified atom stereocenters. The Morgan fingerprint density at radius 1 is 0.974 bits per heavy atom. The van der Waals surface area contributed by atoms with Crippen molar-refractivity contribution in [1.29, 1.82) is 0 Å². The van der Waals surface area contributed by atoms with E-state index in [1.165, 1.54) is 16.8 Å². The number of thioether (sulfide) groups is 1. The van der Waals surface area contributed by atoms with E-state index >= 15 is 0 Å². The summed E-state index contributed by atoms with van der Waals surface area (Å²) in [6, 6.07) is 25.8. The molecule has 4 aromatic rings. The topological polar surface area (TPSA) is 66.7 Å². The van der Waals surface area contributed by atoms with Crippen molar-refractivity contribution >= 4 is 29.8 Å². The van der Waals surface area contributed by atoms with Crippen LogP contribution in [0.1, 0.15) is 54.9 Å². The van der Waals surface area contributed by atoms with E-state index in [-0.39, 0.29) is 17.2 Å². The first kappa shape index (κ1) is 26.5. The summed E-state index contributed by atoms with van der Waals surface area (Å²) in [6.07, 6.45) is 1.70. The third-order valence-electron chi connectivity index (χ3n) is 7.12. The van der Waals surface area contributed by atoms with Crippen LogP contribution in [0.25, 0.3) is 5.69 Å². The molecule has 6 nitrogen and oxygen atoms in total. The van der Waals surface area contributed by atoms with Gasteiger partial charge >= 0.3 is 0 Å². The van der Waals surface area contributed by atoms with Crippen LogP contribution in [-0.4, -0.2) is 33.2 Å². The number of para-hydroxylation sites is 1. The minimum Gasteiger partial charge on any atom is -0.322 e. The van der Waals surface area contributed by atoms with E-state index in [1.54, 1.807) is 30.1 Å². The van der Waals surface area contributed by atoms with Crippen molar-refractivity contribution in [3.8, 4) is 5.69 Å². The zero-order valence-electron chi connectivity index (χ0n) is 22.6. The SMILES string of the molecule is Cc1cccc(C)c1-n1c(C)cc(/C=N\NC(=O)c2ccc([C@H]3SCC(=O)N3Cc3ccccc3)cc2)c1C. The number of nitrogens with zero attached hydrogens (tertiary/aromatic N) is 3. The normalized spacial score (nSPS) is 15.3. The Hall–Kier alpha value is -4.10. The molecule has 1 aromatic heterocycles. The number of benzene rings is 3. The summed E-state index contributed by atoms with van der Waals surface area (Å²) in [4.78, 5) is 27.2. The Labute approximate surface area is 233 Å². The number of nitrogens with one attached hydrogen (secondary N) is 1. The Morgan fingerprint density at radius 3 is 2.36 bits per heavy atom. The fraction of sp³-hybridized carbons (Fsp3) is 0.219. The molecule has 0 radical (unpaired) electrons.